The van der Waals surface area contributed by atoms with Crippen LogP contribution in [0.1, 0.15) is 0 Å². The number of hydrogen-bond acceptors (Lipinski definition) is 6. The number of hydrogen-bond donors (Lipinski definition) is 1. The minimum atomic E-state index is -0.927. The molecule has 0 aliphatic heterocycles. The van der Waals surface area contributed by atoms with Crippen LogP contribution in [-0.2, 0) is 0 Å². The van der Waals surface area contributed by atoms with Crippen LogP contribution in [-0.4, -0.2) is 15.2 Å². The Kier molecular flexibility index (Phi) is 2.24. The minimum absolute atomic E-state index is 0.0130. The summed E-state index contributed by atoms with van der Waals surface area (Å²) in [5.41, 5.74) is 5.16. The van der Waals surface area contributed by atoms with E-state index in [4.69, 9.17) is 5.73 Å². The van der Waals surface area contributed by atoms with Crippen LogP contribution in [0.15, 0.2) is 22.8 Å². The first kappa shape index (κ1) is 10.0. The van der Waals surface area contributed by atoms with Crippen molar-refractivity contribution >= 4 is 11.5 Å². The van der Waals surface area contributed by atoms with Crippen molar-refractivity contribution in [2.45, 2.75) is 0 Å². The van der Waals surface area contributed by atoms with Gasteiger partial charge in [-0.2, -0.15) is 4.39 Å². The molecule has 0 atom stereocenters. The van der Waals surface area contributed by atoms with Crippen molar-refractivity contribution in [3.8, 4) is 11.3 Å². The molecule has 1 aromatic heterocycles. The number of anilines is 1. The molecule has 8 heteroatoms. The number of nitrogens with two attached hydrogens (primary N) is 1. The van der Waals surface area contributed by atoms with E-state index in [0.29, 0.717) is 0 Å². The molecule has 1 heterocycles. The lowest BCUT2D eigenvalue weighted by Crippen LogP contribution is -1.94. The smallest absolute Gasteiger partial charge is 0.305 e. The van der Waals surface area contributed by atoms with Gasteiger partial charge in [0.25, 0.3) is 0 Å². The maximum Gasteiger partial charge on any atom is 0.305 e. The molecule has 82 valence electrons. The van der Waals surface area contributed by atoms with Crippen molar-refractivity contribution < 1.29 is 13.9 Å². The van der Waals surface area contributed by atoms with Crippen molar-refractivity contribution in [1.82, 2.24) is 10.3 Å². The highest BCUT2D eigenvalue weighted by Crippen LogP contribution is 2.27. The molecule has 0 fully saturated rings. The maximum absolute atomic E-state index is 13.0. The molecule has 0 aliphatic carbocycles. The van der Waals surface area contributed by atoms with Crippen LogP contribution in [0.4, 0.5) is 15.9 Å². The number of nitro benzene ring substituents is 1. The Labute approximate surface area is 87.8 Å². The van der Waals surface area contributed by atoms with E-state index in [1.807, 2.05) is 0 Å². The van der Waals surface area contributed by atoms with Crippen LogP contribution in [0.25, 0.3) is 11.3 Å². The standard InChI is InChI=1S/C8H5FN4O3/c9-5-2-1-4(3-6(5)13(14)15)7-8(10)12-16-11-7/h1-3H,(H2,10,12). The zero-order chi connectivity index (χ0) is 11.7. The van der Waals surface area contributed by atoms with Crippen molar-refractivity contribution in [1.29, 1.82) is 0 Å². The second kappa shape index (κ2) is 3.57. The van der Waals surface area contributed by atoms with Gasteiger partial charge in [0.1, 0.15) is 0 Å². The van der Waals surface area contributed by atoms with Crippen LogP contribution >= 0.6 is 0 Å². The largest absolute Gasteiger partial charge is 0.379 e. The number of nitro groups is 1. The molecule has 0 saturated carbocycles. The number of nitrogen functional groups attached to an aromatic ring is 1. The molecule has 2 N–H and O–H groups in total. The van der Waals surface area contributed by atoms with E-state index in [0.717, 1.165) is 12.1 Å². The highest BCUT2D eigenvalue weighted by Gasteiger charge is 2.18. The molecule has 0 spiro atoms. The molecule has 7 nitrogen and oxygen atoms in total. The maximum atomic E-state index is 13.0. The van der Waals surface area contributed by atoms with Gasteiger partial charge in [-0.15, -0.1) is 0 Å². The molecule has 0 radical (unpaired) electrons. The van der Waals surface area contributed by atoms with E-state index in [-0.39, 0.29) is 17.1 Å². The topological polar surface area (TPSA) is 108 Å². The van der Waals surface area contributed by atoms with E-state index in [2.05, 4.69) is 14.9 Å². The highest BCUT2D eigenvalue weighted by molar-refractivity contribution is 5.70. The van der Waals surface area contributed by atoms with Crippen molar-refractivity contribution in [3.05, 3.63) is 34.1 Å². The molecule has 0 unspecified atom stereocenters. The summed E-state index contributed by atoms with van der Waals surface area (Å²) < 4.78 is 17.4. The van der Waals surface area contributed by atoms with Gasteiger partial charge in [0.05, 0.1) is 4.92 Å². The van der Waals surface area contributed by atoms with Gasteiger partial charge >= 0.3 is 5.69 Å². The Morgan fingerprint density at radius 2 is 2.19 bits per heavy atom. The summed E-state index contributed by atoms with van der Waals surface area (Å²) >= 11 is 0. The Bertz CT molecular complexity index is 554. The molecule has 2 aromatic rings. The van der Waals surface area contributed by atoms with E-state index < -0.39 is 16.4 Å². The zero-order valence-electron chi connectivity index (χ0n) is 7.75. The lowest BCUT2D eigenvalue weighted by atomic mass is 10.1. The first-order chi connectivity index (χ1) is 7.59. The summed E-state index contributed by atoms with van der Waals surface area (Å²) in [7, 11) is 0. The van der Waals surface area contributed by atoms with Gasteiger partial charge in [-0.05, 0) is 22.4 Å². The van der Waals surface area contributed by atoms with Crippen molar-refractivity contribution in [3.63, 3.8) is 0 Å². The van der Waals surface area contributed by atoms with E-state index in [9.17, 15) is 14.5 Å². The third-order valence-corrected chi connectivity index (χ3v) is 1.93. The van der Waals surface area contributed by atoms with E-state index >= 15 is 0 Å². The van der Waals surface area contributed by atoms with Crippen molar-refractivity contribution in [2.24, 2.45) is 0 Å². The second-order valence-corrected chi connectivity index (χ2v) is 2.92. The van der Waals surface area contributed by atoms with Gasteiger partial charge in [0.15, 0.2) is 11.5 Å². The van der Waals surface area contributed by atoms with Gasteiger partial charge in [0.2, 0.25) is 5.82 Å². The number of aromatic nitrogens is 2. The molecular weight excluding hydrogens is 219 g/mol. The molecule has 0 bridgehead atoms. The van der Waals surface area contributed by atoms with Crippen LogP contribution in [0.2, 0.25) is 0 Å². The van der Waals surface area contributed by atoms with Gasteiger partial charge in [-0.25, -0.2) is 4.63 Å². The van der Waals surface area contributed by atoms with E-state index in [1.165, 1.54) is 6.07 Å². The Morgan fingerprint density at radius 1 is 1.44 bits per heavy atom. The van der Waals surface area contributed by atoms with E-state index in [1.54, 1.807) is 0 Å². The Balaban J connectivity index is 2.56. The number of rotatable bonds is 2. The summed E-state index contributed by atoms with van der Waals surface area (Å²) in [6.45, 7) is 0. The number of benzene rings is 1. The minimum Gasteiger partial charge on any atom is -0.379 e. The molecular formula is C8H5FN4O3. The fourth-order valence-corrected chi connectivity index (χ4v) is 1.20. The van der Waals surface area contributed by atoms with Gasteiger partial charge in [-0.1, -0.05) is 0 Å². The summed E-state index contributed by atoms with van der Waals surface area (Å²) in [6.07, 6.45) is 0. The first-order valence-corrected chi connectivity index (χ1v) is 4.12. The van der Waals surface area contributed by atoms with Gasteiger partial charge in [0, 0.05) is 11.6 Å². The fraction of sp³-hybridized carbons (Fsp3) is 0. The summed E-state index contributed by atoms with van der Waals surface area (Å²) in [6, 6.07) is 3.28. The zero-order valence-corrected chi connectivity index (χ0v) is 7.75. The lowest BCUT2D eigenvalue weighted by molar-refractivity contribution is -0.387. The average Bonchev–Trinajstić information content (AvgIpc) is 2.65. The van der Waals surface area contributed by atoms with Crippen LogP contribution in [0.3, 0.4) is 0 Å². The quantitative estimate of drug-likeness (QED) is 0.609. The monoisotopic (exact) mass is 224 g/mol. The lowest BCUT2D eigenvalue weighted by Gasteiger charge is -1.97. The Hall–Kier alpha value is -2.51. The fourth-order valence-electron chi connectivity index (χ4n) is 1.20. The second-order valence-electron chi connectivity index (χ2n) is 2.92. The summed E-state index contributed by atoms with van der Waals surface area (Å²) in [5.74, 6) is -0.940. The third-order valence-electron chi connectivity index (χ3n) is 1.93. The molecule has 1 aromatic carbocycles. The number of halogens is 1. The Morgan fingerprint density at radius 3 is 2.75 bits per heavy atom. The molecule has 0 aliphatic rings. The molecule has 0 saturated heterocycles. The van der Waals surface area contributed by atoms with Crippen LogP contribution in [0, 0.1) is 15.9 Å². The predicted octanol–water partition coefficient (Wildman–Crippen LogP) is 1.37. The molecule has 0 amide bonds. The average molecular weight is 224 g/mol. The first-order valence-electron chi connectivity index (χ1n) is 4.12. The van der Waals surface area contributed by atoms with Crippen LogP contribution < -0.4 is 5.73 Å². The molecule has 2 rings (SSSR count). The number of nitrogens with zero attached hydrogens (tertiary/aromatic N) is 3. The molecule has 16 heavy (non-hydrogen) atoms. The van der Waals surface area contributed by atoms with Crippen LogP contribution in [0.5, 0.6) is 0 Å². The normalized spacial score (nSPS) is 10.3. The summed E-state index contributed by atoms with van der Waals surface area (Å²) in [4.78, 5) is 9.67. The highest BCUT2D eigenvalue weighted by atomic mass is 19.1. The van der Waals surface area contributed by atoms with Gasteiger partial charge in [-0.3, -0.25) is 10.1 Å². The van der Waals surface area contributed by atoms with Crippen molar-refractivity contribution in [2.75, 3.05) is 5.73 Å². The summed E-state index contributed by atoms with van der Waals surface area (Å²) in [5, 5.41) is 17.3. The predicted molar refractivity (Wildman–Crippen MR) is 50.8 cm³/mol. The third kappa shape index (κ3) is 1.56. The van der Waals surface area contributed by atoms with Gasteiger partial charge < -0.3 is 5.73 Å². The SMILES string of the molecule is Nc1nonc1-c1ccc(F)c([N+](=O)[O-])c1.